The molecule has 0 unspecified atom stereocenters. The minimum atomic E-state index is -4.71. The number of carbonyl (C=O) groups is 1. The Kier molecular flexibility index (Phi) is 7.73. The van der Waals surface area contributed by atoms with Gasteiger partial charge < -0.3 is 4.74 Å². The van der Waals surface area contributed by atoms with E-state index in [9.17, 15) is 22.2 Å². The van der Waals surface area contributed by atoms with E-state index in [4.69, 9.17) is 4.74 Å². The second-order valence-corrected chi connectivity index (χ2v) is 11.0. The normalized spacial score (nSPS) is 20.7. The summed E-state index contributed by atoms with van der Waals surface area (Å²) in [5.41, 5.74) is -0.885. The van der Waals surface area contributed by atoms with E-state index in [2.05, 4.69) is 4.72 Å². The van der Waals surface area contributed by atoms with Gasteiger partial charge in [0.2, 0.25) is 0 Å². The molecule has 3 atom stereocenters. The van der Waals surface area contributed by atoms with E-state index in [1.54, 1.807) is 41.5 Å². The zero-order valence-corrected chi connectivity index (χ0v) is 17.4. The molecule has 0 heterocycles. The van der Waals surface area contributed by atoms with E-state index in [-0.39, 0.29) is 12.3 Å². The van der Waals surface area contributed by atoms with Gasteiger partial charge in [0.05, 0.1) is 21.7 Å². The van der Waals surface area contributed by atoms with Gasteiger partial charge in [0, 0.05) is 0 Å². The van der Waals surface area contributed by atoms with Gasteiger partial charge in [-0.25, -0.2) is 8.93 Å². The lowest BCUT2D eigenvalue weighted by molar-refractivity contribution is -0.186. The quantitative estimate of drug-likeness (QED) is 0.669. The molecule has 1 rings (SSSR count). The van der Waals surface area contributed by atoms with E-state index < -0.39 is 45.4 Å². The van der Waals surface area contributed by atoms with Crippen molar-refractivity contribution in [2.45, 2.75) is 96.2 Å². The van der Waals surface area contributed by atoms with Crippen LogP contribution in [0.2, 0.25) is 0 Å². The molecule has 1 aliphatic carbocycles. The molecule has 0 aromatic carbocycles. The molecule has 4 nitrogen and oxygen atoms in total. The van der Waals surface area contributed by atoms with Crippen LogP contribution in [0.15, 0.2) is 0 Å². The Morgan fingerprint density at radius 1 is 1.12 bits per heavy atom. The van der Waals surface area contributed by atoms with Crippen LogP contribution >= 0.6 is 0 Å². The minimum Gasteiger partial charge on any atom is -0.460 e. The molecule has 0 saturated heterocycles. The number of carbonyl (C=O) groups excluding carboxylic acids is 1. The highest BCUT2D eigenvalue weighted by molar-refractivity contribution is 7.84. The first-order valence-corrected chi connectivity index (χ1v) is 10.2. The average molecular weight is 400 g/mol. The van der Waals surface area contributed by atoms with E-state index in [1.807, 2.05) is 0 Å². The standard InChI is InChI=1S/C18H32F3NO3S/c1-16(2,3)25-15(23)13(11-12-9-7-8-10-12)14(18(19,20)21)22-26(24)17(4,5)6/h12-14,22H,7-11H2,1-6H3/t13-,14-,26-/m1/s1. The molecule has 1 saturated carbocycles. The summed E-state index contributed by atoms with van der Waals surface area (Å²) in [6, 6.07) is -2.20. The molecule has 1 N–H and O–H groups in total. The molecule has 0 aromatic rings. The summed E-state index contributed by atoms with van der Waals surface area (Å²) in [5.74, 6) is -2.24. The number of ether oxygens (including phenoxy) is 1. The van der Waals surface area contributed by atoms with Crippen LogP contribution < -0.4 is 4.72 Å². The SMILES string of the molecule is CC(C)(C)OC(=O)[C@H](CC1CCCC1)[C@@H](N[S@](=O)C(C)(C)C)C(F)(F)F. The van der Waals surface area contributed by atoms with Crippen molar-refractivity contribution in [3.05, 3.63) is 0 Å². The van der Waals surface area contributed by atoms with Gasteiger partial charge in [0.1, 0.15) is 11.6 Å². The van der Waals surface area contributed by atoms with Crippen LogP contribution in [0.1, 0.15) is 73.6 Å². The molecule has 8 heteroatoms. The zero-order valence-electron chi connectivity index (χ0n) is 16.5. The molecule has 0 amide bonds. The maximum Gasteiger partial charge on any atom is 0.405 e. The Morgan fingerprint density at radius 2 is 1.62 bits per heavy atom. The number of halogens is 3. The number of alkyl halides is 3. The molecule has 26 heavy (non-hydrogen) atoms. The van der Waals surface area contributed by atoms with E-state index in [0.717, 1.165) is 25.7 Å². The Hall–Kier alpha value is -0.630. The minimum absolute atomic E-state index is 0.0576. The van der Waals surface area contributed by atoms with Gasteiger partial charge in [-0.05, 0) is 53.9 Å². The van der Waals surface area contributed by atoms with Crippen molar-refractivity contribution in [2.75, 3.05) is 0 Å². The van der Waals surface area contributed by atoms with Crippen molar-refractivity contribution in [3.63, 3.8) is 0 Å². The predicted molar refractivity (Wildman–Crippen MR) is 96.8 cm³/mol. The first kappa shape index (κ1) is 23.4. The summed E-state index contributed by atoms with van der Waals surface area (Å²) in [6.45, 7) is 9.64. The summed E-state index contributed by atoms with van der Waals surface area (Å²) in [6.07, 6.45) is -1.07. The average Bonchev–Trinajstić information content (AvgIpc) is 2.90. The molecular weight excluding hydrogens is 367 g/mol. The summed E-state index contributed by atoms with van der Waals surface area (Å²) in [5, 5.41) is 0. The van der Waals surface area contributed by atoms with Crippen molar-refractivity contribution >= 4 is 17.0 Å². The number of hydrogen-bond donors (Lipinski definition) is 1. The van der Waals surface area contributed by atoms with Crippen LogP contribution in [0.25, 0.3) is 0 Å². The van der Waals surface area contributed by atoms with Gasteiger partial charge in [-0.15, -0.1) is 0 Å². The molecule has 154 valence electrons. The number of hydrogen-bond acceptors (Lipinski definition) is 3. The fourth-order valence-electron chi connectivity index (χ4n) is 3.02. The molecule has 0 aliphatic heterocycles. The summed E-state index contributed by atoms with van der Waals surface area (Å²) < 4.78 is 60.2. The lowest BCUT2D eigenvalue weighted by Gasteiger charge is -2.33. The summed E-state index contributed by atoms with van der Waals surface area (Å²) in [7, 11) is -1.96. The van der Waals surface area contributed by atoms with Crippen LogP contribution in [-0.2, 0) is 20.5 Å². The van der Waals surface area contributed by atoms with Crippen molar-refractivity contribution in [1.82, 2.24) is 4.72 Å². The smallest absolute Gasteiger partial charge is 0.405 e. The number of nitrogens with one attached hydrogen (secondary N) is 1. The van der Waals surface area contributed by atoms with Gasteiger partial charge in [-0.1, -0.05) is 25.7 Å². The third kappa shape index (κ3) is 7.55. The van der Waals surface area contributed by atoms with Gasteiger partial charge in [0.15, 0.2) is 0 Å². The summed E-state index contributed by atoms with van der Waals surface area (Å²) >= 11 is 0. The molecule has 0 spiro atoms. The number of rotatable bonds is 6. The second kappa shape index (κ2) is 8.59. The van der Waals surface area contributed by atoms with E-state index in [1.165, 1.54) is 0 Å². The highest BCUT2D eigenvalue weighted by atomic mass is 32.2. The van der Waals surface area contributed by atoms with Crippen LogP contribution in [0.5, 0.6) is 0 Å². The number of esters is 1. The lowest BCUT2D eigenvalue weighted by atomic mass is 9.87. The zero-order chi connectivity index (χ0) is 20.3. The van der Waals surface area contributed by atoms with Crippen LogP contribution in [0, 0.1) is 11.8 Å². The van der Waals surface area contributed by atoms with Gasteiger partial charge in [-0.3, -0.25) is 4.79 Å². The fourth-order valence-corrected chi connectivity index (χ4v) is 3.90. The summed E-state index contributed by atoms with van der Waals surface area (Å²) in [4.78, 5) is 12.6. The third-order valence-corrected chi connectivity index (χ3v) is 5.90. The Morgan fingerprint density at radius 3 is 2.00 bits per heavy atom. The molecule has 0 radical (unpaired) electrons. The second-order valence-electron chi connectivity index (χ2n) is 9.04. The molecule has 0 aromatic heterocycles. The Balaban J connectivity index is 3.13. The van der Waals surface area contributed by atoms with Crippen molar-refractivity contribution in [1.29, 1.82) is 0 Å². The Bertz CT molecular complexity index is 503. The lowest BCUT2D eigenvalue weighted by Crippen LogP contribution is -2.54. The third-order valence-electron chi connectivity index (χ3n) is 4.32. The van der Waals surface area contributed by atoms with E-state index in [0.29, 0.717) is 0 Å². The highest BCUT2D eigenvalue weighted by Crippen LogP contribution is 2.37. The predicted octanol–water partition coefficient (Wildman–Crippen LogP) is 4.51. The van der Waals surface area contributed by atoms with Crippen molar-refractivity contribution in [2.24, 2.45) is 11.8 Å². The fraction of sp³-hybridized carbons (Fsp3) is 0.944. The molecular formula is C18H32F3NO3S. The first-order valence-electron chi connectivity index (χ1n) is 9.09. The van der Waals surface area contributed by atoms with Crippen LogP contribution in [-0.4, -0.2) is 32.7 Å². The van der Waals surface area contributed by atoms with E-state index >= 15 is 0 Å². The maximum atomic E-state index is 13.8. The van der Waals surface area contributed by atoms with Crippen LogP contribution in [0.4, 0.5) is 13.2 Å². The molecule has 1 aliphatic rings. The monoisotopic (exact) mass is 399 g/mol. The molecule has 0 bridgehead atoms. The largest absolute Gasteiger partial charge is 0.460 e. The van der Waals surface area contributed by atoms with Gasteiger partial charge in [0.25, 0.3) is 0 Å². The van der Waals surface area contributed by atoms with Crippen molar-refractivity contribution < 1.29 is 26.9 Å². The van der Waals surface area contributed by atoms with Crippen molar-refractivity contribution in [3.8, 4) is 0 Å². The Labute approximate surface area is 157 Å². The molecule has 1 fully saturated rings. The van der Waals surface area contributed by atoms with Gasteiger partial charge in [-0.2, -0.15) is 13.2 Å². The highest BCUT2D eigenvalue weighted by Gasteiger charge is 2.50. The first-order chi connectivity index (χ1) is 11.6. The van der Waals surface area contributed by atoms with Crippen LogP contribution in [0.3, 0.4) is 0 Å². The maximum absolute atomic E-state index is 13.8. The topological polar surface area (TPSA) is 55.4 Å². The van der Waals surface area contributed by atoms with Gasteiger partial charge >= 0.3 is 12.1 Å².